The summed E-state index contributed by atoms with van der Waals surface area (Å²) in [6.07, 6.45) is -5.82. The molecule has 0 aliphatic carbocycles. The van der Waals surface area contributed by atoms with E-state index < -0.39 is 18.1 Å². The van der Waals surface area contributed by atoms with E-state index in [0.29, 0.717) is 0 Å². The molecule has 0 bridgehead atoms. The van der Waals surface area contributed by atoms with Crippen molar-refractivity contribution < 1.29 is 22.7 Å². The van der Waals surface area contributed by atoms with Crippen molar-refractivity contribution in [2.75, 3.05) is 6.61 Å². The van der Waals surface area contributed by atoms with E-state index in [9.17, 15) is 18.0 Å². The molecule has 1 heterocycles. The van der Waals surface area contributed by atoms with Gasteiger partial charge in [-0.25, -0.2) is 4.79 Å². The molecule has 0 unspecified atom stereocenters. The molecule has 1 aromatic heterocycles. The molecule has 0 N–H and O–H groups in total. The van der Waals surface area contributed by atoms with E-state index >= 15 is 0 Å². The predicted octanol–water partition coefficient (Wildman–Crippen LogP) is 0.696. The molecule has 0 amide bonds. The predicted molar refractivity (Wildman–Crippen MR) is 35.2 cm³/mol. The third-order valence-corrected chi connectivity index (χ3v) is 1.10. The molecule has 14 heavy (non-hydrogen) atoms. The van der Waals surface area contributed by atoms with Crippen LogP contribution in [0.5, 0.6) is 0 Å². The van der Waals surface area contributed by atoms with E-state index in [2.05, 4.69) is 20.1 Å². The van der Waals surface area contributed by atoms with Gasteiger partial charge in [0.25, 0.3) is 5.82 Å². The fourth-order valence-electron chi connectivity index (χ4n) is 0.586. The molecule has 0 aromatic carbocycles. The largest absolute Gasteiger partial charge is 0.455 e. The number of aromatic nitrogens is 4. The number of hydrogen-bond donors (Lipinski definition) is 0. The van der Waals surface area contributed by atoms with Gasteiger partial charge in [-0.05, 0) is 12.1 Å². The second-order valence-electron chi connectivity index (χ2n) is 2.10. The van der Waals surface area contributed by atoms with Gasteiger partial charge < -0.3 is 4.74 Å². The summed E-state index contributed by atoms with van der Waals surface area (Å²) in [6.45, 7) is 1.52. The summed E-state index contributed by atoms with van der Waals surface area (Å²) in [7, 11) is 0. The van der Waals surface area contributed by atoms with Crippen LogP contribution in [0.15, 0.2) is 0 Å². The van der Waals surface area contributed by atoms with Crippen molar-refractivity contribution in [3.05, 3.63) is 5.82 Å². The number of hydrogen-bond acceptors (Lipinski definition) is 5. The quantitative estimate of drug-likeness (QED) is 0.682. The Hall–Kier alpha value is -1.67. The first-order valence-electron chi connectivity index (χ1n) is 3.49. The highest BCUT2D eigenvalue weighted by Crippen LogP contribution is 2.24. The Morgan fingerprint density at radius 1 is 1.57 bits per heavy atom. The Morgan fingerprint density at radius 3 is 2.64 bits per heavy atom. The zero-order chi connectivity index (χ0) is 10.8. The average molecular weight is 210 g/mol. The Morgan fingerprint density at radius 2 is 2.21 bits per heavy atom. The normalized spacial score (nSPS) is 11.4. The molecular formula is C5H5F3N4O2. The first kappa shape index (κ1) is 10.4. The van der Waals surface area contributed by atoms with Gasteiger partial charge in [0.15, 0.2) is 0 Å². The van der Waals surface area contributed by atoms with Gasteiger partial charge >= 0.3 is 12.3 Å². The number of alkyl halides is 3. The van der Waals surface area contributed by atoms with E-state index in [1.807, 2.05) is 0 Å². The summed E-state index contributed by atoms with van der Waals surface area (Å²) in [6, 6.07) is 0. The van der Waals surface area contributed by atoms with Gasteiger partial charge in [-0.3, -0.25) is 0 Å². The van der Waals surface area contributed by atoms with Crippen molar-refractivity contribution in [2.24, 2.45) is 0 Å². The fraction of sp³-hybridized carbons (Fsp3) is 0.600. The van der Waals surface area contributed by atoms with Crippen LogP contribution in [-0.4, -0.2) is 32.9 Å². The Labute approximate surface area is 75.6 Å². The Balaban J connectivity index is 2.83. The minimum Gasteiger partial charge on any atom is -0.447 e. The average Bonchev–Trinajstić information content (AvgIpc) is 2.51. The standard InChI is InChI=1S/C5H5F3N4O2/c1-2-14-4(13)12-10-3(9-11-12)5(6,7)8/h2H2,1H3. The molecule has 1 aromatic rings. The van der Waals surface area contributed by atoms with Crippen LogP contribution < -0.4 is 0 Å². The summed E-state index contributed by atoms with van der Waals surface area (Å²) in [5.74, 6) is -1.48. The monoisotopic (exact) mass is 210 g/mol. The molecule has 0 atom stereocenters. The molecule has 0 spiro atoms. The minimum atomic E-state index is -4.72. The number of halogens is 3. The van der Waals surface area contributed by atoms with Crippen LogP contribution in [0.1, 0.15) is 12.7 Å². The number of nitrogens with zero attached hydrogens (tertiary/aromatic N) is 4. The van der Waals surface area contributed by atoms with Gasteiger partial charge in [0.05, 0.1) is 6.61 Å². The topological polar surface area (TPSA) is 69.9 Å². The maximum Gasteiger partial charge on any atom is 0.455 e. The van der Waals surface area contributed by atoms with Crippen molar-refractivity contribution in [3.63, 3.8) is 0 Å². The van der Waals surface area contributed by atoms with E-state index in [1.165, 1.54) is 6.92 Å². The lowest BCUT2D eigenvalue weighted by Gasteiger charge is -1.98. The molecule has 6 nitrogen and oxygen atoms in total. The molecule has 0 fully saturated rings. The zero-order valence-electron chi connectivity index (χ0n) is 6.95. The molecule has 0 saturated heterocycles. The maximum atomic E-state index is 11.9. The van der Waals surface area contributed by atoms with Gasteiger partial charge in [0.2, 0.25) is 0 Å². The summed E-state index contributed by atoms with van der Waals surface area (Å²) in [5.41, 5.74) is 0. The van der Waals surface area contributed by atoms with Crippen LogP contribution >= 0.6 is 0 Å². The van der Waals surface area contributed by atoms with Crippen LogP contribution in [0.2, 0.25) is 0 Å². The van der Waals surface area contributed by atoms with Crippen LogP contribution in [0.3, 0.4) is 0 Å². The van der Waals surface area contributed by atoms with Gasteiger partial charge in [0.1, 0.15) is 0 Å². The van der Waals surface area contributed by atoms with Gasteiger partial charge in [-0.15, -0.1) is 10.2 Å². The molecule has 9 heteroatoms. The minimum absolute atomic E-state index is 0.0156. The second-order valence-corrected chi connectivity index (χ2v) is 2.10. The van der Waals surface area contributed by atoms with E-state index in [1.54, 1.807) is 0 Å². The highest BCUT2D eigenvalue weighted by molar-refractivity contribution is 5.67. The number of carbonyl (C=O) groups is 1. The first-order chi connectivity index (χ1) is 6.45. The fourth-order valence-corrected chi connectivity index (χ4v) is 0.586. The molecule has 1 rings (SSSR count). The molecule has 0 aliphatic rings. The first-order valence-corrected chi connectivity index (χ1v) is 3.49. The number of carbonyl (C=O) groups excluding carboxylic acids is 1. The summed E-state index contributed by atoms with van der Waals surface area (Å²) in [4.78, 5) is 10.9. The van der Waals surface area contributed by atoms with Gasteiger partial charge in [-0.1, -0.05) is 4.80 Å². The summed E-state index contributed by atoms with van der Waals surface area (Å²) in [5, 5.41) is 8.32. The number of rotatable bonds is 1. The van der Waals surface area contributed by atoms with Crippen molar-refractivity contribution in [1.82, 2.24) is 20.2 Å². The highest BCUT2D eigenvalue weighted by atomic mass is 19.4. The number of ether oxygens (including phenoxy) is 1. The third-order valence-electron chi connectivity index (χ3n) is 1.10. The zero-order valence-corrected chi connectivity index (χ0v) is 6.95. The van der Waals surface area contributed by atoms with E-state index in [0.717, 1.165) is 0 Å². The Kier molecular flexibility index (Phi) is 2.68. The smallest absolute Gasteiger partial charge is 0.447 e. The van der Waals surface area contributed by atoms with Crippen molar-refractivity contribution in [2.45, 2.75) is 13.1 Å². The third kappa shape index (κ3) is 2.18. The lowest BCUT2D eigenvalue weighted by Crippen LogP contribution is -2.17. The van der Waals surface area contributed by atoms with Crippen LogP contribution in [0.25, 0.3) is 0 Å². The summed E-state index contributed by atoms with van der Waals surface area (Å²) < 4.78 is 40.1. The van der Waals surface area contributed by atoms with Gasteiger partial charge in [0, 0.05) is 0 Å². The van der Waals surface area contributed by atoms with Crippen molar-refractivity contribution in [3.8, 4) is 0 Å². The lowest BCUT2D eigenvalue weighted by molar-refractivity contribution is -0.145. The van der Waals surface area contributed by atoms with E-state index in [4.69, 9.17) is 0 Å². The lowest BCUT2D eigenvalue weighted by atomic mass is 10.6. The molecular weight excluding hydrogens is 205 g/mol. The summed E-state index contributed by atoms with van der Waals surface area (Å²) >= 11 is 0. The van der Waals surface area contributed by atoms with Crippen LogP contribution in [-0.2, 0) is 10.9 Å². The maximum absolute atomic E-state index is 11.9. The highest BCUT2D eigenvalue weighted by Gasteiger charge is 2.37. The molecule has 0 saturated carbocycles. The van der Waals surface area contributed by atoms with Crippen LogP contribution in [0, 0.1) is 0 Å². The second kappa shape index (κ2) is 3.60. The van der Waals surface area contributed by atoms with Gasteiger partial charge in [-0.2, -0.15) is 13.2 Å². The van der Waals surface area contributed by atoms with Crippen molar-refractivity contribution in [1.29, 1.82) is 0 Å². The number of tetrazole rings is 1. The molecule has 78 valence electrons. The van der Waals surface area contributed by atoms with Crippen molar-refractivity contribution >= 4 is 6.09 Å². The molecule has 0 aliphatic heterocycles. The molecule has 0 radical (unpaired) electrons. The SMILES string of the molecule is CCOC(=O)n1nnc(C(F)(F)F)n1. The Bertz CT molecular complexity index is 334. The van der Waals surface area contributed by atoms with E-state index in [-0.39, 0.29) is 11.4 Å². The van der Waals surface area contributed by atoms with Crippen LogP contribution in [0.4, 0.5) is 18.0 Å².